The standard InChI is InChI=1S/C17H19FN2O/c18-14-7-1-4-12(10-14)11-16(20-19)15-8-2-5-13-6-3-9-21-17(13)15/h1-2,4-5,7-8,10,16,20H,3,6,9,11,19H2. The number of hydrazine groups is 1. The minimum atomic E-state index is -0.227. The summed E-state index contributed by atoms with van der Waals surface area (Å²) in [6.07, 6.45) is 2.69. The molecule has 0 radical (unpaired) electrons. The molecule has 1 atom stereocenters. The minimum absolute atomic E-state index is 0.0974. The maximum Gasteiger partial charge on any atom is 0.127 e. The lowest BCUT2D eigenvalue weighted by Crippen LogP contribution is -2.30. The third kappa shape index (κ3) is 3.06. The number of fused-ring (bicyclic) bond motifs is 1. The summed E-state index contributed by atoms with van der Waals surface area (Å²) in [5.74, 6) is 6.43. The molecule has 1 aliphatic rings. The number of aryl methyl sites for hydroxylation is 1. The fraction of sp³-hybridized carbons (Fsp3) is 0.294. The van der Waals surface area contributed by atoms with Crippen molar-refractivity contribution in [3.05, 3.63) is 65.0 Å². The van der Waals surface area contributed by atoms with Gasteiger partial charge < -0.3 is 4.74 Å². The van der Waals surface area contributed by atoms with Crippen LogP contribution < -0.4 is 16.0 Å². The minimum Gasteiger partial charge on any atom is -0.493 e. The van der Waals surface area contributed by atoms with E-state index in [1.165, 1.54) is 11.6 Å². The predicted octanol–water partition coefficient (Wildman–Crippen LogP) is 2.90. The Bertz CT molecular complexity index is 630. The summed E-state index contributed by atoms with van der Waals surface area (Å²) in [6.45, 7) is 0.737. The molecule has 3 nitrogen and oxygen atoms in total. The van der Waals surface area contributed by atoms with Gasteiger partial charge in [0.1, 0.15) is 11.6 Å². The van der Waals surface area contributed by atoms with Crippen LogP contribution in [0, 0.1) is 5.82 Å². The second-order valence-electron chi connectivity index (χ2n) is 5.34. The van der Waals surface area contributed by atoms with E-state index in [1.54, 1.807) is 12.1 Å². The van der Waals surface area contributed by atoms with Gasteiger partial charge in [0.2, 0.25) is 0 Å². The van der Waals surface area contributed by atoms with Crippen molar-refractivity contribution in [1.82, 2.24) is 5.43 Å². The summed E-state index contributed by atoms with van der Waals surface area (Å²) < 4.78 is 19.2. The number of hydrogen-bond acceptors (Lipinski definition) is 3. The predicted molar refractivity (Wildman–Crippen MR) is 80.4 cm³/mol. The largest absolute Gasteiger partial charge is 0.493 e. The highest BCUT2D eigenvalue weighted by Gasteiger charge is 2.20. The molecule has 0 fully saturated rings. The second-order valence-corrected chi connectivity index (χ2v) is 5.34. The van der Waals surface area contributed by atoms with Gasteiger partial charge in [-0.3, -0.25) is 11.3 Å². The fourth-order valence-electron chi connectivity index (χ4n) is 2.85. The molecule has 0 bridgehead atoms. The third-order valence-electron chi connectivity index (χ3n) is 3.87. The maximum absolute atomic E-state index is 13.3. The number of nitrogens with two attached hydrogens (primary N) is 1. The summed E-state index contributed by atoms with van der Waals surface area (Å²) in [7, 11) is 0. The Hall–Kier alpha value is -1.91. The number of nitrogens with one attached hydrogen (secondary N) is 1. The zero-order valence-corrected chi connectivity index (χ0v) is 11.8. The van der Waals surface area contributed by atoms with Gasteiger partial charge in [-0.15, -0.1) is 0 Å². The number of hydrogen-bond donors (Lipinski definition) is 2. The molecule has 110 valence electrons. The molecule has 3 rings (SSSR count). The quantitative estimate of drug-likeness (QED) is 0.671. The topological polar surface area (TPSA) is 47.3 Å². The van der Waals surface area contributed by atoms with Crippen LogP contribution in [0.3, 0.4) is 0 Å². The van der Waals surface area contributed by atoms with Gasteiger partial charge in [-0.25, -0.2) is 4.39 Å². The van der Waals surface area contributed by atoms with E-state index < -0.39 is 0 Å². The molecule has 0 spiro atoms. The molecule has 2 aromatic rings. The lowest BCUT2D eigenvalue weighted by molar-refractivity contribution is 0.281. The van der Waals surface area contributed by atoms with Crippen LogP contribution >= 0.6 is 0 Å². The van der Waals surface area contributed by atoms with Crippen LogP contribution in [0.1, 0.15) is 29.2 Å². The molecule has 0 aromatic heterocycles. The zero-order valence-electron chi connectivity index (χ0n) is 11.8. The Labute approximate surface area is 123 Å². The molecule has 1 unspecified atom stereocenters. The second kappa shape index (κ2) is 6.24. The van der Waals surface area contributed by atoms with E-state index in [9.17, 15) is 4.39 Å². The van der Waals surface area contributed by atoms with Gasteiger partial charge in [-0.05, 0) is 42.5 Å². The first kappa shape index (κ1) is 14.0. The number of rotatable bonds is 4. The van der Waals surface area contributed by atoms with Crippen molar-refractivity contribution in [3.63, 3.8) is 0 Å². The smallest absolute Gasteiger partial charge is 0.127 e. The first-order chi connectivity index (χ1) is 10.3. The summed E-state index contributed by atoms with van der Waals surface area (Å²) in [5.41, 5.74) is 6.00. The van der Waals surface area contributed by atoms with Crippen LogP contribution in [-0.2, 0) is 12.8 Å². The first-order valence-electron chi connectivity index (χ1n) is 7.23. The lowest BCUT2D eigenvalue weighted by Gasteiger charge is -2.25. The van der Waals surface area contributed by atoms with Crippen molar-refractivity contribution >= 4 is 0 Å². The normalized spacial score (nSPS) is 15.1. The van der Waals surface area contributed by atoms with Gasteiger partial charge >= 0.3 is 0 Å². The molecule has 0 aliphatic carbocycles. The van der Waals surface area contributed by atoms with Crippen LogP contribution in [0.4, 0.5) is 4.39 Å². The SMILES string of the molecule is NNC(Cc1cccc(F)c1)c1cccc2c1OCCC2. The first-order valence-corrected chi connectivity index (χ1v) is 7.23. The molecule has 4 heteroatoms. The van der Waals surface area contributed by atoms with Gasteiger partial charge in [0, 0.05) is 5.56 Å². The Morgan fingerprint density at radius 3 is 2.90 bits per heavy atom. The number of halogens is 1. The summed E-state index contributed by atoms with van der Waals surface area (Å²) >= 11 is 0. The van der Waals surface area contributed by atoms with Crippen molar-refractivity contribution < 1.29 is 9.13 Å². The average Bonchev–Trinajstić information content (AvgIpc) is 2.52. The van der Waals surface area contributed by atoms with E-state index in [0.29, 0.717) is 6.42 Å². The highest BCUT2D eigenvalue weighted by atomic mass is 19.1. The molecule has 0 saturated carbocycles. The maximum atomic E-state index is 13.3. The Kier molecular flexibility index (Phi) is 4.18. The van der Waals surface area contributed by atoms with Crippen molar-refractivity contribution in [2.45, 2.75) is 25.3 Å². The van der Waals surface area contributed by atoms with E-state index in [1.807, 2.05) is 18.2 Å². The van der Waals surface area contributed by atoms with Crippen molar-refractivity contribution in [1.29, 1.82) is 0 Å². The highest BCUT2D eigenvalue weighted by Crippen LogP contribution is 2.34. The van der Waals surface area contributed by atoms with E-state index in [2.05, 4.69) is 11.5 Å². The van der Waals surface area contributed by atoms with E-state index >= 15 is 0 Å². The van der Waals surface area contributed by atoms with Crippen LogP contribution in [0.5, 0.6) is 5.75 Å². The van der Waals surface area contributed by atoms with Crippen LogP contribution in [0.15, 0.2) is 42.5 Å². The number of benzene rings is 2. The van der Waals surface area contributed by atoms with E-state index in [4.69, 9.17) is 10.6 Å². The Morgan fingerprint density at radius 1 is 1.24 bits per heavy atom. The lowest BCUT2D eigenvalue weighted by atomic mass is 9.94. The zero-order chi connectivity index (χ0) is 14.7. The summed E-state index contributed by atoms with van der Waals surface area (Å²) in [5, 5.41) is 0. The third-order valence-corrected chi connectivity index (χ3v) is 3.87. The van der Waals surface area contributed by atoms with Crippen LogP contribution in [0.25, 0.3) is 0 Å². The van der Waals surface area contributed by atoms with Gasteiger partial charge in [0.05, 0.1) is 12.6 Å². The fourth-order valence-corrected chi connectivity index (χ4v) is 2.85. The molecule has 1 heterocycles. The molecule has 0 amide bonds. The van der Waals surface area contributed by atoms with Crippen LogP contribution in [-0.4, -0.2) is 6.61 Å². The molecule has 21 heavy (non-hydrogen) atoms. The number of ether oxygens (including phenoxy) is 1. The summed E-state index contributed by atoms with van der Waals surface area (Å²) in [6, 6.07) is 12.7. The Morgan fingerprint density at radius 2 is 2.10 bits per heavy atom. The molecular formula is C17H19FN2O. The van der Waals surface area contributed by atoms with Crippen LogP contribution in [0.2, 0.25) is 0 Å². The van der Waals surface area contributed by atoms with E-state index in [0.717, 1.165) is 36.3 Å². The molecular weight excluding hydrogens is 267 g/mol. The molecule has 1 aliphatic heterocycles. The van der Waals surface area contributed by atoms with Crippen molar-refractivity contribution in [3.8, 4) is 5.75 Å². The van der Waals surface area contributed by atoms with Crippen molar-refractivity contribution in [2.24, 2.45) is 5.84 Å². The van der Waals surface area contributed by atoms with Gasteiger partial charge in [0.25, 0.3) is 0 Å². The molecule has 3 N–H and O–H groups in total. The Balaban J connectivity index is 1.90. The molecule has 2 aromatic carbocycles. The van der Waals surface area contributed by atoms with Crippen molar-refractivity contribution in [2.75, 3.05) is 6.61 Å². The van der Waals surface area contributed by atoms with Gasteiger partial charge in [-0.1, -0.05) is 30.3 Å². The monoisotopic (exact) mass is 286 g/mol. The van der Waals surface area contributed by atoms with Gasteiger partial charge in [0.15, 0.2) is 0 Å². The van der Waals surface area contributed by atoms with Gasteiger partial charge in [-0.2, -0.15) is 0 Å². The number of para-hydroxylation sites is 1. The average molecular weight is 286 g/mol. The van der Waals surface area contributed by atoms with E-state index in [-0.39, 0.29) is 11.9 Å². The summed E-state index contributed by atoms with van der Waals surface area (Å²) in [4.78, 5) is 0. The molecule has 0 saturated heterocycles. The highest BCUT2D eigenvalue weighted by molar-refractivity contribution is 5.45.